The Morgan fingerprint density at radius 2 is 1.86 bits per heavy atom. The van der Waals surface area contributed by atoms with E-state index in [2.05, 4.69) is 21.3 Å². The van der Waals surface area contributed by atoms with Crippen LogP contribution in [0.2, 0.25) is 0 Å². The van der Waals surface area contributed by atoms with Crippen LogP contribution in [0.4, 0.5) is 0 Å². The number of benzene rings is 2. The van der Waals surface area contributed by atoms with Gasteiger partial charge >= 0.3 is 0 Å². The Hall–Kier alpha value is -2.08. The molecule has 3 aromatic rings. The Balaban J connectivity index is 0.00000140. The largest absolute Gasteiger partial charge is 0.342 e. The fourth-order valence-corrected chi connectivity index (χ4v) is 3.70. The lowest BCUT2D eigenvalue weighted by atomic mass is 9.97. The van der Waals surface area contributed by atoms with Crippen LogP contribution in [-0.2, 0) is 11.8 Å². The number of hydrogen-bond acceptors (Lipinski definition) is 3. The summed E-state index contributed by atoms with van der Waals surface area (Å²) in [4.78, 5) is 17.7. The lowest BCUT2D eigenvalue weighted by Gasteiger charge is -2.25. The zero-order chi connectivity index (χ0) is 17.9. The second kappa shape index (κ2) is 9.92. The molecule has 1 aliphatic heterocycles. The molecule has 28 heavy (non-hydrogen) atoms. The summed E-state index contributed by atoms with van der Waals surface area (Å²) in [6.45, 7) is 1.74. The predicted octanol–water partition coefficient (Wildman–Crippen LogP) is 3.62. The van der Waals surface area contributed by atoms with Crippen molar-refractivity contribution in [3.8, 4) is 0 Å². The van der Waals surface area contributed by atoms with Crippen LogP contribution in [0, 0.1) is 5.92 Å². The van der Waals surface area contributed by atoms with E-state index in [1.807, 2.05) is 55.6 Å². The molecule has 0 radical (unpaired) electrons. The van der Waals surface area contributed by atoms with E-state index in [4.69, 9.17) is 4.98 Å². The molecule has 150 valence electrons. The lowest BCUT2D eigenvalue weighted by Crippen LogP contribution is -2.42. The van der Waals surface area contributed by atoms with Crippen molar-refractivity contribution in [2.45, 2.75) is 18.9 Å². The SMILES string of the molecule is Cl.Cl.Cn1c(C(NC(=O)C2CCCNC2)c2ccccc2)nc2ccccc21. The molecule has 1 saturated heterocycles. The molecule has 2 aromatic carbocycles. The molecule has 0 saturated carbocycles. The molecule has 2 N–H and O–H groups in total. The number of rotatable bonds is 4. The van der Waals surface area contributed by atoms with Crippen LogP contribution in [0.3, 0.4) is 0 Å². The molecule has 0 bridgehead atoms. The Kier molecular flexibility index (Phi) is 7.87. The van der Waals surface area contributed by atoms with E-state index < -0.39 is 0 Å². The maximum absolute atomic E-state index is 12.9. The standard InChI is InChI=1S/C21H24N4O.2ClH/c1-25-18-12-6-5-11-17(18)23-20(25)19(15-8-3-2-4-9-15)24-21(26)16-10-7-13-22-14-16;;/h2-6,8-9,11-12,16,19,22H,7,10,13-14H2,1H3,(H,24,26);2*1H. The van der Waals surface area contributed by atoms with Gasteiger partial charge in [0.25, 0.3) is 0 Å². The Morgan fingerprint density at radius 1 is 1.14 bits per heavy atom. The molecule has 5 nitrogen and oxygen atoms in total. The topological polar surface area (TPSA) is 59.0 Å². The van der Waals surface area contributed by atoms with Crippen LogP contribution >= 0.6 is 24.8 Å². The quantitative estimate of drug-likeness (QED) is 0.677. The molecular weight excluding hydrogens is 395 g/mol. The smallest absolute Gasteiger partial charge is 0.225 e. The molecule has 1 fully saturated rings. The summed E-state index contributed by atoms with van der Waals surface area (Å²) in [6.07, 6.45) is 1.98. The van der Waals surface area contributed by atoms with Gasteiger partial charge in [0.05, 0.1) is 17.0 Å². The highest BCUT2D eigenvalue weighted by atomic mass is 35.5. The van der Waals surface area contributed by atoms with Crippen molar-refractivity contribution in [3.63, 3.8) is 0 Å². The van der Waals surface area contributed by atoms with Gasteiger partial charge in [-0.2, -0.15) is 0 Å². The highest BCUT2D eigenvalue weighted by Gasteiger charge is 2.27. The third-order valence-corrected chi connectivity index (χ3v) is 5.17. The fourth-order valence-electron chi connectivity index (χ4n) is 3.70. The van der Waals surface area contributed by atoms with Gasteiger partial charge in [-0.05, 0) is 37.1 Å². The minimum absolute atomic E-state index is 0. The number of imidazole rings is 1. The van der Waals surface area contributed by atoms with Gasteiger partial charge in [0, 0.05) is 13.6 Å². The first-order chi connectivity index (χ1) is 12.7. The second-order valence-electron chi connectivity index (χ2n) is 6.91. The molecule has 4 rings (SSSR count). The summed E-state index contributed by atoms with van der Waals surface area (Å²) in [5, 5.41) is 6.58. The molecule has 7 heteroatoms. The van der Waals surface area contributed by atoms with Gasteiger partial charge in [-0.3, -0.25) is 4.79 Å². The van der Waals surface area contributed by atoms with Crippen molar-refractivity contribution in [2.24, 2.45) is 13.0 Å². The number of carbonyl (C=O) groups is 1. The van der Waals surface area contributed by atoms with E-state index in [1.165, 1.54) is 0 Å². The number of halogens is 2. The van der Waals surface area contributed by atoms with Crippen molar-refractivity contribution in [3.05, 3.63) is 66.0 Å². The lowest BCUT2D eigenvalue weighted by molar-refractivity contribution is -0.126. The van der Waals surface area contributed by atoms with E-state index in [0.717, 1.165) is 48.4 Å². The van der Waals surface area contributed by atoms with Crippen molar-refractivity contribution < 1.29 is 4.79 Å². The molecule has 2 atom stereocenters. The van der Waals surface area contributed by atoms with Crippen LogP contribution in [0.15, 0.2) is 54.6 Å². The van der Waals surface area contributed by atoms with Crippen molar-refractivity contribution >= 4 is 41.8 Å². The average molecular weight is 421 g/mol. The maximum atomic E-state index is 12.9. The minimum Gasteiger partial charge on any atom is -0.342 e. The number of amides is 1. The maximum Gasteiger partial charge on any atom is 0.225 e. The van der Waals surface area contributed by atoms with Gasteiger partial charge in [0.2, 0.25) is 5.91 Å². The second-order valence-corrected chi connectivity index (χ2v) is 6.91. The monoisotopic (exact) mass is 420 g/mol. The highest BCUT2D eigenvalue weighted by Crippen LogP contribution is 2.25. The number of aryl methyl sites for hydroxylation is 1. The minimum atomic E-state index is -0.261. The first-order valence-corrected chi connectivity index (χ1v) is 9.21. The normalized spacial score (nSPS) is 17.2. The van der Waals surface area contributed by atoms with Crippen molar-refractivity contribution in [1.82, 2.24) is 20.2 Å². The zero-order valence-electron chi connectivity index (χ0n) is 15.8. The summed E-state index contributed by atoms with van der Waals surface area (Å²) in [5.74, 6) is 0.970. The third kappa shape index (κ3) is 4.49. The van der Waals surface area contributed by atoms with E-state index in [1.54, 1.807) is 0 Å². The molecule has 0 aliphatic carbocycles. The van der Waals surface area contributed by atoms with Crippen molar-refractivity contribution in [2.75, 3.05) is 13.1 Å². The Bertz CT molecular complexity index is 907. The molecule has 1 aliphatic rings. The van der Waals surface area contributed by atoms with Crippen LogP contribution in [-0.4, -0.2) is 28.5 Å². The van der Waals surface area contributed by atoms with Crippen molar-refractivity contribution in [1.29, 1.82) is 0 Å². The molecule has 2 unspecified atom stereocenters. The fraction of sp³-hybridized carbons (Fsp3) is 0.333. The summed E-state index contributed by atoms with van der Waals surface area (Å²) in [5.41, 5.74) is 3.06. The summed E-state index contributed by atoms with van der Waals surface area (Å²) in [7, 11) is 2.01. The van der Waals surface area contributed by atoms with Gasteiger partial charge in [-0.25, -0.2) is 4.98 Å². The number of nitrogens with one attached hydrogen (secondary N) is 2. The first-order valence-electron chi connectivity index (χ1n) is 9.21. The molecule has 0 spiro atoms. The predicted molar refractivity (Wildman–Crippen MR) is 117 cm³/mol. The van der Waals surface area contributed by atoms with Gasteiger partial charge in [-0.1, -0.05) is 42.5 Å². The molecule has 1 aromatic heterocycles. The number of hydrogen-bond donors (Lipinski definition) is 2. The van der Waals surface area contributed by atoms with Gasteiger partial charge in [0.1, 0.15) is 11.9 Å². The van der Waals surface area contributed by atoms with E-state index >= 15 is 0 Å². The van der Waals surface area contributed by atoms with Crippen LogP contribution in [0.25, 0.3) is 11.0 Å². The highest BCUT2D eigenvalue weighted by molar-refractivity contribution is 5.85. The summed E-state index contributed by atoms with van der Waals surface area (Å²) < 4.78 is 2.08. The van der Waals surface area contributed by atoms with Crippen LogP contribution in [0.1, 0.15) is 30.3 Å². The average Bonchev–Trinajstić information content (AvgIpc) is 3.04. The van der Waals surface area contributed by atoms with Gasteiger partial charge < -0.3 is 15.2 Å². The summed E-state index contributed by atoms with van der Waals surface area (Å²) >= 11 is 0. The first kappa shape index (κ1) is 22.2. The number of carbonyl (C=O) groups excluding carboxylic acids is 1. The van der Waals surface area contributed by atoms with Gasteiger partial charge in [-0.15, -0.1) is 24.8 Å². The Labute approximate surface area is 177 Å². The molecule has 1 amide bonds. The van der Waals surface area contributed by atoms with E-state index in [9.17, 15) is 4.79 Å². The van der Waals surface area contributed by atoms with Crippen LogP contribution < -0.4 is 10.6 Å². The number of para-hydroxylation sites is 2. The molecular formula is C21H26Cl2N4O. The molecule has 2 heterocycles. The number of nitrogens with zero attached hydrogens (tertiary/aromatic N) is 2. The Morgan fingerprint density at radius 3 is 2.54 bits per heavy atom. The zero-order valence-corrected chi connectivity index (χ0v) is 17.4. The van der Waals surface area contributed by atoms with Gasteiger partial charge in [0.15, 0.2) is 0 Å². The summed E-state index contributed by atoms with van der Waals surface area (Å²) in [6, 6.07) is 17.9. The number of aromatic nitrogens is 2. The third-order valence-electron chi connectivity index (χ3n) is 5.17. The van der Waals surface area contributed by atoms with E-state index in [0.29, 0.717) is 0 Å². The van der Waals surface area contributed by atoms with E-state index in [-0.39, 0.29) is 42.7 Å². The number of fused-ring (bicyclic) bond motifs is 1. The van der Waals surface area contributed by atoms with Crippen LogP contribution in [0.5, 0.6) is 0 Å². The number of piperidine rings is 1.